The van der Waals surface area contributed by atoms with Gasteiger partial charge in [0.1, 0.15) is 0 Å². The van der Waals surface area contributed by atoms with Crippen molar-refractivity contribution in [2.75, 3.05) is 14.2 Å². The topological polar surface area (TPSA) is 52.6 Å². The van der Waals surface area contributed by atoms with Gasteiger partial charge in [-0.2, -0.15) is 0 Å². The number of hydrogen-bond acceptors (Lipinski definition) is 4. The maximum Gasteiger partial charge on any atom is 0.308 e. The smallest absolute Gasteiger partial charge is 0.308 e. The summed E-state index contributed by atoms with van der Waals surface area (Å²) in [6.07, 6.45) is 2.45. The fraction of sp³-hybridized carbons (Fsp3) is 0.800. The first kappa shape index (κ1) is 12.9. The lowest BCUT2D eigenvalue weighted by molar-refractivity contribution is -0.146. The van der Waals surface area contributed by atoms with E-state index in [1.807, 2.05) is 6.92 Å². The zero-order valence-corrected chi connectivity index (χ0v) is 9.04. The summed E-state index contributed by atoms with van der Waals surface area (Å²) in [4.78, 5) is 21.9. The zero-order valence-electron chi connectivity index (χ0n) is 9.04. The van der Waals surface area contributed by atoms with Crippen molar-refractivity contribution in [1.29, 1.82) is 0 Å². The van der Waals surface area contributed by atoms with Crippen LogP contribution in [0.15, 0.2) is 0 Å². The van der Waals surface area contributed by atoms with Crippen LogP contribution in [0.3, 0.4) is 0 Å². The molecule has 0 aromatic carbocycles. The largest absolute Gasteiger partial charge is 0.469 e. The van der Waals surface area contributed by atoms with Crippen LogP contribution in [0.2, 0.25) is 0 Å². The molecule has 0 rings (SSSR count). The van der Waals surface area contributed by atoms with Crippen LogP contribution in [-0.2, 0) is 19.1 Å². The molecule has 82 valence electrons. The molecule has 1 atom stereocenters. The van der Waals surface area contributed by atoms with Crippen LogP contribution in [0.25, 0.3) is 0 Å². The average molecular weight is 202 g/mol. The highest BCUT2D eigenvalue weighted by molar-refractivity contribution is 5.72. The SMILES string of the molecule is CCC(CCCC(=O)OC)C(=O)OC. The number of carbonyl (C=O) groups excluding carboxylic acids is 2. The van der Waals surface area contributed by atoms with E-state index in [4.69, 9.17) is 0 Å². The highest BCUT2D eigenvalue weighted by atomic mass is 16.5. The Morgan fingerprint density at radius 3 is 2.29 bits per heavy atom. The van der Waals surface area contributed by atoms with E-state index in [0.29, 0.717) is 19.3 Å². The summed E-state index contributed by atoms with van der Waals surface area (Å²) in [6, 6.07) is 0. The van der Waals surface area contributed by atoms with Crippen LogP contribution in [0.5, 0.6) is 0 Å². The molecule has 4 nitrogen and oxygen atoms in total. The summed E-state index contributed by atoms with van der Waals surface area (Å²) >= 11 is 0. The van der Waals surface area contributed by atoms with Gasteiger partial charge < -0.3 is 9.47 Å². The molecule has 0 aromatic heterocycles. The molecule has 0 fully saturated rings. The maximum absolute atomic E-state index is 11.1. The molecular weight excluding hydrogens is 184 g/mol. The Labute approximate surface area is 84.6 Å². The molecule has 0 amide bonds. The second-order valence-electron chi connectivity index (χ2n) is 3.10. The van der Waals surface area contributed by atoms with Gasteiger partial charge in [0, 0.05) is 6.42 Å². The maximum atomic E-state index is 11.1. The highest BCUT2D eigenvalue weighted by Gasteiger charge is 2.16. The van der Waals surface area contributed by atoms with Gasteiger partial charge in [-0.15, -0.1) is 0 Å². The van der Waals surface area contributed by atoms with Crippen LogP contribution in [0, 0.1) is 5.92 Å². The van der Waals surface area contributed by atoms with E-state index in [2.05, 4.69) is 9.47 Å². The Hall–Kier alpha value is -1.06. The number of rotatable bonds is 6. The fourth-order valence-corrected chi connectivity index (χ4v) is 1.25. The summed E-state index contributed by atoms with van der Waals surface area (Å²) in [5.74, 6) is -0.522. The van der Waals surface area contributed by atoms with Crippen molar-refractivity contribution in [2.45, 2.75) is 32.6 Å². The van der Waals surface area contributed by atoms with Gasteiger partial charge in [0.05, 0.1) is 20.1 Å². The second-order valence-corrected chi connectivity index (χ2v) is 3.10. The van der Waals surface area contributed by atoms with Crippen molar-refractivity contribution in [3.05, 3.63) is 0 Å². The van der Waals surface area contributed by atoms with Gasteiger partial charge in [-0.1, -0.05) is 6.92 Å². The predicted molar refractivity (Wildman–Crippen MR) is 51.7 cm³/mol. The lowest BCUT2D eigenvalue weighted by Crippen LogP contribution is -2.15. The van der Waals surface area contributed by atoms with Crippen molar-refractivity contribution < 1.29 is 19.1 Å². The molecule has 0 aliphatic rings. The Kier molecular flexibility index (Phi) is 6.80. The van der Waals surface area contributed by atoms with E-state index in [1.54, 1.807) is 0 Å². The van der Waals surface area contributed by atoms with Gasteiger partial charge in [0.15, 0.2) is 0 Å². The summed E-state index contributed by atoms with van der Waals surface area (Å²) in [7, 11) is 2.74. The molecular formula is C10H18O4. The summed E-state index contributed by atoms with van der Waals surface area (Å²) in [5.41, 5.74) is 0. The van der Waals surface area contributed by atoms with E-state index >= 15 is 0 Å². The van der Waals surface area contributed by atoms with Crippen molar-refractivity contribution in [3.8, 4) is 0 Å². The van der Waals surface area contributed by atoms with Crippen molar-refractivity contribution >= 4 is 11.9 Å². The number of ether oxygens (including phenoxy) is 2. The van der Waals surface area contributed by atoms with Crippen LogP contribution >= 0.6 is 0 Å². The van der Waals surface area contributed by atoms with Crippen molar-refractivity contribution in [3.63, 3.8) is 0 Å². The van der Waals surface area contributed by atoms with Crippen molar-refractivity contribution in [1.82, 2.24) is 0 Å². The van der Waals surface area contributed by atoms with Gasteiger partial charge in [0.2, 0.25) is 0 Å². The number of methoxy groups -OCH3 is 2. The first-order valence-electron chi connectivity index (χ1n) is 4.80. The second kappa shape index (κ2) is 7.35. The monoisotopic (exact) mass is 202 g/mol. The molecule has 0 N–H and O–H groups in total. The Balaban J connectivity index is 3.73. The predicted octanol–water partition coefficient (Wildman–Crippen LogP) is 1.53. The van der Waals surface area contributed by atoms with Crippen LogP contribution in [-0.4, -0.2) is 26.2 Å². The molecule has 0 spiro atoms. The zero-order chi connectivity index (χ0) is 11.0. The van der Waals surface area contributed by atoms with E-state index < -0.39 is 0 Å². The van der Waals surface area contributed by atoms with Crippen molar-refractivity contribution in [2.24, 2.45) is 5.92 Å². The summed E-state index contributed by atoms with van der Waals surface area (Å²) in [6.45, 7) is 1.93. The molecule has 14 heavy (non-hydrogen) atoms. The van der Waals surface area contributed by atoms with Gasteiger partial charge in [-0.3, -0.25) is 9.59 Å². The van der Waals surface area contributed by atoms with E-state index in [9.17, 15) is 9.59 Å². The molecule has 0 saturated heterocycles. The third-order valence-corrected chi connectivity index (χ3v) is 2.19. The first-order chi connectivity index (χ1) is 6.65. The van der Waals surface area contributed by atoms with Gasteiger partial charge in [-0.05, 0) is 19.3 Å². The highest BCUT2D eigenvalue weighted by Crippen LogP contribution is 2.14. The normalized spacial score (nSPS) is 11.9. The Bertz CT molecular complexity index is 189. The third-order valence-electron chi connectivity index (χ3n) is 2.19. The minimum atomic E-state index is -0.232. The fourth-order valence-electron chi connectivity index (χ4n) is 1.25. The molecule has 1 unspecified atom stereocenters. The Morgan fingerprint density at radius 2 is 1.86 bits per heavy atom. The molecule has 0 aliphatic carbocycles. The number of hydrogen-bond donors (Lipinski definition) is 0. The van der Waals surface area contributed by atoms with E-state index in [1.165, 1.54) is 14.2 Å². The first-order valence-corrected chi connectivity index (χ1v) is 4.80. The standard InChI is InChI=1S/C10H18O4/c1-4-8(10(12)14-3)6-5-7-9(11)13-2/h8H,4-7H2,1-3H3. The van der Waals surface area contributed by atoms with Crippen LogP contribution in [0.1, 0.15) is 32.6 Å². The average Bonchev–Trinajstić information content (AvgIpc) is 2.22. The quantitative estimate of drug-likeness (QED) is 0.613. The minimum Gasteiger partial charge on any atom is -0.469 e. The third kappa shape index (κ3) is 4.84. The molecule has 0 aromatic rings. The van der Waals surface area contributed by atoms with E-state index in [-0.39, 0.29) is 17.9 Å². The van der Waals surface area contributed by atoms with Crippen LogP contribution in [0.4, 0.5) is 0 Å². The van der Waals surface area contributed by atoms with E-state index in [0.717, 1.165) is 6.42 Å². The lowest BCUT2D eigenvalue weighted by atomic mass is 9.99. The van der Waals surface area contributed by atoms with Gasteiger partial charge in [-0.25, -0.2) is 0 Å². The number of esters is 2. The van der Waals surface area contributed by atoms with Gasteiger partial charge >= 0.3 is 11.9 Å². The Morgan fingerprint density at radius 1 is 1.21 bits per heavy atom. The summed E-state index contributed by atoms with van der Waals surface area (Å²) in [5, 5.41) is 0. The van der Waals surface area contributed by atoms with Crippen LogP contribution < -0.4 is 0 Å². The molecule has 0 radical (unpaired) electrons. The molecule has 0 heterocycles. The number of carbonyl (C=O) groups is 2. The lowest BCUT2D eigenvalue weighted by Gasteiger charge is -2.11. The minimum absolute atomic E-state index is 0.0929. The molecule has 0 saturated carbocycles. The molecule has 4 heteroatoms. The molecule has 0 aliphatic heterocycles. The molecule has 0 bridgehead atoms. The van der Waals surface area contributed by atoms with Gasteiger partial charge in [0.25, 0.3) is 0 Å². The summed E-state index contributed by atoms with van der Waals surface area (Å²) < 4.78 is 9.13.